The van der Waals surface area contributed by atoms with Gasteiger partial charge in [-0.1, -0.05) is 57.9 Å². The Morgan fingerprint density at radius 2 is 2.00 bits per heavy atom. The zero-order chi connectivity index (χ0) is 13.2. The van der Waals surface area contributed by atoms with Gasteiger partial charge in [0.2, 0.25) is 0 Å². The molecule has 0 spiro atoms. The highest BCUT2D eigenvalue weighted by atomic mass is 79.9. The van der Waals surface area contributed by atoms with Crippen molar-refractivity contribution < 1.29 is 0 Å². The lowest BCUT2D eigenvalue weighted by molar-refractivity contribution is 0.476. The van der Waals surface area contributed by atoms with Gasteiger partial charge < -0.3 is 5.32 Å². The molecule has 1 atom stereocenters. The van der Waals surface area contributed by atoms with Gasteiger partial charge in [0.1, 0.15) is 0 Å². The lowest BCUT2D eigenvalue weighted by Gasteiger charge is -2.27. The molecule has 0 radical (unpaired) electrons. The quantitative estimate of drug-likeness (QED) is 0.859. The Morgan fingerprint density at radius 1 is 1.21 bits per heavy atom. The molecule has 0 bridgehead atoms. The molecule has 1 aliphatic heterocycles. The van der Waals surface area contributed by atoms with Crippen molar-refractivity contribution in [2.24, 2.45) is 0 Å². The first-order valence-corrected chi connectivity index (χ1v) is 7.63. The lowest BCUT2D eigenvalue weighted by atomic mass is 9.92. The van der Waals surface area contributed by atoms with Gasteiger partial charge in [-0.2, -0.15) is 0 Å². The number of hydrogen-bond acceptors (Lipinski definition) is 1. The summed E-state index contributed by atoms with van der Waals surface area (Å²) in [4.78, 5) is 0. The van der Waals surface area contributed by atoms with Crippen molar-refractivity contribution in [1.29, 1.82) is 0 Å². The fraction of sp³-hybridized carbons (Fsp3) is 0.250. The van der Waals surface area contributed by atoms with Crippen molar-refractivity contribution in [2.45, 2.75) is 25.4 Å². The average molecular weight is 337 g/mol. The lowest BCUT2D eigenvalue weighted by Crippen LogP contribution is -2.37. The van der Waals surface area contributed by atoms with Crippen LogP contribution in [0.3, 0.4) is 0 Å². The van der Waals surface area contributed by atoms with Crippen LogP contribution in [0.4, 0.5) is 0 Å². The van der Waals surface area contributed by atoms with E-state index in [2.05, 4.69) is 57.6 Å². The van der Waals surface area contributed by atoms with Crippen LogP contribution in [-0.4, -0.2) is 6.04 Å². The molecule has 1 aliphatic rings. The number of halogens is 2. The number of fused-ring (bicyclic) bond motifs is 1. The molecule has 1 heterocycles. The third-order valence-corrected chi connectivity index (χ3v) is 4.54. The minimum absolute atomic E-state index is 0.493. The molecule has 3 heteroatoms. The van der Waals surface area contributed by atoms with Gasteiger partial charge in [-0.15, -0.1) is 0 Å². The maximum atomic E-state index is 6.09. The second kappa shape index (κ2) is 5.66. The van der Waals surface area contributed by atoms with Crippen LogP contribution < -0.4 is 5.32 Å². The Bertz CT molecular complexity index is 583. The standard InChI is InChI=1S/C16H15BrClN/c17-16-8-13(18)7-12-10-19-14(9-15(12)16)6-11-4-2-1-3-5-11/h1-5,7-8,14,19H,6,9-10H2. The Labute approximate surface area is 127 Å². The Kier molecular flexibility index (Phi) is 3.92. The molecule has 3 rings (SSSR count). The average Bonchev–Trinajstić information content (AvgIpc) is 2.40. The second-order valence-electron chi connectivity index (χ2n) is 5.00. The van der Waals surface area contributed by atoms with Crippen LogP contribution >= 0.6 is 27.5 Å². The van der Waals surface area contributed by atoms with Crippen molar-refractivity contribution in [3.63, 3.8) is 0 Å². The van der Waals surface area contributed by atoms with Crippen LogP contribution in [0.25, 0.3) is 0 Å². The molecule has 0 aromatic heterocycles. The van der Waals surface area contributed by atoms with Gasteiger partial charge in [0.25, 0.3) is 0 Å². The highest BCUT2D eigenvalue weighted by Gasteiger charge is 2.20. The molecule has 1 unspecified atom stereocenters. The number of benzene rings is 2. The van der Waals surface area contributed by atoms with Gasteiger partial charge in [-0.25, -0.2) is 0 Å². The number of rotatable bonds is 2. The fourth-order valence-electron chi connectivity index (χ4n) is 2.66. The van der Waals surface area contributed by atoms with E-state index >= 15 is 0 Å². The first-order chi connectivity index (χ1) is 9.22. The maximum Gasteiger partial charge on any atom is 0.0420 e. The summed E-state index contributed by atoms with van der Waals surface area (Å²) in [6.07, 6.45) is 2.11. The monoisotopic (exact) mass is 335 g/mol. The molecule has 98 valence electrons. The summed E-state index contributed by atoms with van der Waals surface area (Å²) in [6.45, 7) is 0.895. The molecule has 0 fully saturated rings. The number of hydrogen-bond donors (Lipinski definition) is 1. The summed E-state index contributed by atoms with van der Waals surface area (Å²) in [5.74, 6) is 0. The van der Waals surface area contributed by atoms with E-state index in [9.17, 15) is 0 Å². The van der Waals surface area contributed by atoms with E-state index in [-0.39, 0.29) is 0 Å². The van der Waals surface area contributed by atoms with Gasteiger partial charge in [-0.3, -0.25) is 0 Å². The SMILES string of the molecule is Clc1cc(Br)c2c(c1)CNC(Cc1ccccc1)C2. The molecule has 19 heavy (non-hydrogen) atoms. The topological polar surface area (TPSA) is 12.0 Å². The minimum atomic E-state index is 0.493. The molecule has 2 aromatic carbocycles. The molecular weight excluding hydrogens is 322 g/mol. The second-order valence-corrected chi connectivity index (χ2v) is 6.29. The predicted molar refractivity (Wildman–Crippen MR) is 83.6 cm³/mol. The van der Waals surface area contributed by atoms with Crippen molar-refractivity contribution in [3.05, 3.63) is 68.7 Å². The molecule has 0 saturated carbocycles. The molecule has 0 saturated heterocycles. The highest BCUT2D eigenvalue weighted by molar-refractivity contribution is 9.10. The van der Waals surface area contributed by atoms with Crippen molar-refractivity contribution in [3.8, 4) is 0 Å². The summed E-state index contributed by atoms with van der Waals surface area (Å²) in [7, 11) is 0. The van der Waals surface area contributed by atoms with Gasteiger partial charge in [-0.05, 0) is 41.7 Å². The van der Waals surface area contributed by atoms with Crippen LogP contribution in [0.15, 0.2) is 46.9 Å². The Hall–Kier alpha value is -0.830. The van der Waals surface area contributed by atoms with E-state index in [0.717, 1.165) is 28.9 Å². The van der Waals surface area contributed by atoms with Crippen molar-refractivity contribution in [1.82, 2.24) is 5.32 Å². The number of nitrogens with one attached hydrogen (secondary N) is 1. The minimum Gasteiger partial charge on any atom is -0.309 e. The normalized spacial score (nSPS) is 18.1. The van der Waals surface area contributed by atoms with Crippen molar-refractivity contribution >= 4 is 27.5 Å². The van der Waals surface area contributed by atoms with E-state index < -0.39 is 0 Å². The first-order valence-electron chi connectivity index (χ1n) is 6.46. The predicted octanol–water partition coefficient (Wildman–Crippen LogP) is 4.36. The van der Waals surface area contributed by atoms with Crippen LogP contribution in [0.2, 0.25) is 5.02 Å². The van der Waals surface area contributed by atoms with Gasteiger partial charge in [0.15, 0.2) is 0 Å². The van der Waals surface area contributed by atoms with Crippen LogP contribution in [0.1, 0.15) is 16.7 Å². The highest BCUT2D eigenvalue weighted by Crippen LogP contribution is 2.29. The molecule has 0 amide bonds. The van der Waals surface area contributed by atoms with Crippen molar-refractivity contribution in [2.75, 3.05) is 0 Å². The zero-order valence-electron chi connectivity index (χ0n) is 10.5. The van der Waals surface area contributed by atoms with E-state index in [1.54, 1.807) is 0 Å². The summed E-state index contributed by atoms with van der Waals surface area (Å²) < 4.78 is 1.13. The summed E-state index contributed by atoms with van der Waals surface area (Å²) in [5.41, 5.74) is 4.08. The van der Waals surface area contributed by atoms with E-state index in [1.807, 2.05) is 6.07 Å². The Morgan fingerprint density at radius 3 is 2.79 bits per heavy atom. The first kappa shape index (κ1) is 13.2. The molecule has 1 nitrogen and oxygen atoms in total. The summed E-state index contributed by atoms with van der Waals surface area (Å²) in [6, 6.07) is 15.2. The van der Waals surface area contributed by atoms with Crippen LogP contribution in [-0.2, 0) is 19.4 Å². The van der Waals surface area contributed by atoms with Crippen LogP contribution in [0.5, 0.6) is 0 Å². The molecule has 0 aliphatic carbocycles. The molecule has 1 N–H and O–H groups in total. The fourth-order valence-corrected chi connectivity index (χ4v) is 3.69. The molecular formula is C16H15BrClN. The summed E-state index contributed by atoms with van der Waals surface area (Å²) in [5, 5.41) is 4.40. The Balaban J connectivity index is 1.79. The van der Waals surface area contributed by atoms with Gasteiger partial charge in [0.05, 0.1) is 0 Å². The van der Waals surface area contributed by atoms with E-state index in [0.29, 0.717) is 6.04 Å². The third kappa shape index (κ3) is 3.02. The van der Waals surface area contributed by atoms with Gasteiger partial charge >= 0.3 is 0 Å². The van der Waals surface area contributed by atoms with Gasteiger partial charge in [0, 0.05) is 22.1 Å². The largest absolute Gasteiger partial charge is 0.309 e. The molecule has 2 aromatic rings. The zero-order valence-corrected chi connectivity index (χ0v) is 12.8. The summed E-state index contributed by atoms with van der Waals surface area (Å²) >= 11 is 9.72. The third-order valence-electron chi connectivity index (χ3n) is 3.61. The van der Waals surface area contributed by atoms with Crippen LogP contribution in [0, 0.1) is 0 Å². The smallest absolute Gasteiger partial charge is 0.0420 e. The van der Waals surface area contributed by atoms with E-state index in [1.165, 1.54) is 16.7 Å². The van der Waals surface area contributed by atoms with E-state index in [4.69, 9.17) is 11.6 Å². The maximum absolute atomic E-state index is 6.09.